The van der Waals surface area contributed by atoms with Crippen LogP contribution in [0.5, 0.6) is 0 Å². The summed E-state index contributed by atoms with van der Waals surface area (Å²) in [7, 11) is 0. The molecular formula is C22H47N3O5. The van der Waals surface area contributed by atoms with E-state index in [1.54, 1.807) is 4.90 Å². The monoisotopic (exact) mass is 433 g/mol. The summed E-state index contributed by atoms with van der Waals surface area (Å²) in [5.41, 5.74) is 4.55. The summed E-state index contributed by atoms with van der Waals surface area (Å²) >= 11 is 0. The fourth-order valence-corrected chi connectivity index (χ4v) is 3.35. The number of carboxylic acids is 1. The van der Waals surface area contributed by atoms with Crippen molar-refractivity contribution >= 4 is 18.0 Å². The molecule has 30 heavy (non-hydrogen) atoms. The lowest BCUT2D eigenvalue weighted by Crippen LogP contribution is -2.43. The van der Waals surface area contributed by atoms with Crippen LogP contribution in [0.3, 0.4) is 0 Å². The number of carboxylic acid groups (broad SMARTS) is 1. The number of nitrogens with two attached hydrogens (primary N) is 1. The first kappa shape index (κ1) is 32.8. The number of carbonyl (C=O) groups is 3. The average molecular weight is 434 g/mol. The molecule has 0 aliphatic carbocycles. The van der Waals surface area contributed by atoms with Crippen LogP contribution in [0.25, 0.3) is 0 Å². The number of ether oxygens (including phenoxy) is 1. The van der Waals surface area contributed by atoms with Gasteiger partial charge in [0.2, 0.25) is 5.91 Å². The van der Waals surface area contributed by atoms with E-state index < -0.39 is 11.6 Å². The maximum Gasteiger partial charge on any atom is 0.410 e. The van der Waals surface area contributed by atoms with Crippen LogP contribution in [0.4, 0.5) is 4.79 Å². The van der Waals surface area contributed by atoms with Gasteiger partial charge in [-0.1, -0.05) is 22.3 Å². The van der Waals surface area contributed by atoms with Gasteiger partial charge in [0.05, 0.1) is 0 Å². The second-order valence-corrected chi connectivity index (χ2v) is 8.42. The molecule has 4 N–H and O–H groups in total. The van der Waals surface area contributed by atoms with Gasteiger partial charge in [-0.3, -0.25) is 9.59 Å². The molecule has 0 aromatic rings. The first-order valence-corrected chi connectivity index (χ1v) is 9.75. The molecule has 2 fully saturated rings. The van der Waals surface area contributed by atoms with Gasteiger partial charge in [-0.15, -0.1) is 0 Å². The summed E-state index contributed by atoms with van der Waals surface area (Å²) in [5, 5.41) is 12.0. The lowest BCUT2D eigenvalue weighted by molar-refractivity contribution is -0.138. The number of likely N-dealkylation sites (tertiary alicyclic amines) is 1. The van der Waals surface area contributed by atoms with Crippen LogP contribution in [0.1, 0.15) is 81.6 Å². The van der Waals surface area contributed by atoms with Crippen LogP contribution in [0.2, 0.25) is 0 Å². The van der Waals surface area contributed by atoms with Gasteiger partial charge in [-0.05, 0) is 71.4 Å². The quantitative estimate of drug-likeness (QED) is 0.618. The number of carbonyl (C=O) groups excluding carboxylic acids is 2. The summed E-state index contributed by atoms with van der Waals surface area (Å²) in [4.78, 5) is 34.5. The SMILES string of the molecule is C.C.C.CC(C)(C)OC(=O)N1CCCC(CC(=O)O)C1.NC(=O)CC1CCCNC1. The van der Waals surface area contributed by atoms with Gasteiger partial charge < -0.3 is 25.8 Å². The largest absolute Gasteiger partial charge is 0.481 e. The highest BCUT2D eigenvalue weighted by molar-refractivity contribution is 5.74. The second-order valence-electron chi connectivity index (χ2n) is 8.42. The highest BCUT2D eigenvalue weighted by Crippen LogP contribution is 2.21. The van der Waals surface area contributed by atoms with Crippen LogP contribution < -0.4 is 11.1 Å². The second kappa shape index (κ2) is 15.9. The Balaban J connectivity index is -0.000000488. The number of nitrogens with zero attached hydrogens (tertiary/aromatic N) is 1. The van der Waals surface area contributed by atoms with E-state index in [0.29, 0.717) is 25.4 Å². The zero-order valence-electron chi connectivity index (χ0n) is 16.8. The lowest BCUT2D eigenvalue weighted by Gasteiger charge is -2.33. The first-order chi connectivity index (χ1) is 12.6. The average Bonchev–Trinajstić information content (AvgIpc) is 2.54. The minimum absolute atomic E-state index is 0. The molecule has 2 rings (SSSR count). The van der Waals surface area contributed by atoms with Crippen molar-refractivity contribution in [1.82, 2.24) is 10.2 Å². The molecule has 2 heterocycles. The Kier molecular flexibility index (Phi) is 17.4. The van der Waals surface area contributed by atoms with E-state index in [9.17, 15) is 14.4 Å². The van der Waals surface area contributed by atoms with Crippen molar-refractivity contribution in [3.05, 3.63) is 0 Å². The first-order valence-electron chi connectivity index (χ1n) is 9.75. The van der Waals surface area contributed by atoms with Crippen molar-refractivity contribution < 1.29 is 24.2 Å². The highest BCUT2D eigenvalue weighted by atomic mass is 16.6. The number of rotatable bonds is 4. The van der Waals surface area contributed by atoms with E-state index in [2.05, 4.69) is 5.32 Å². The molecule has 2 aliphatic heterocycles. The molecule has 0 aromatic carbocycles. The maximum absolute atomic E-state index is 11.8. The zero-order chi connectivity index (χ0) is 20.4. The van der Waals surface area contributed by atoms with E-state index in [4.69, 9.17) is 15.6 Å². The molecule has 2 saturated heterocycles. The van der Waals surface area contributed by atoms with E-state index in [1.807, 2.05) is 20.8 Å². The third-order valence-corrected chi connectivity index (χ3v) is 4.52. The van der Waals surface area contributed by atoms with Crippen molar-refractivity contribution in [1.29, 1.82) is 0 Å². The number of nitrogens with one attached hydrogen (secondary N) is 1. The van der Waals surface area contributed by atoms with Crippen molar-refractivity contribution in [3.8, 4) is 0 Å². The van der Waals surface area contributed by atoms with E-state index in [1.165, 1.54) is 6.42 Å². The summed E-state index contributed by atoms with van der Waals surface area (Å²) in [6, 6.07) is 0. The fraction of sp³-hybridized carbons (Fsp3) is 0.864. The molecule has 8 heteroatoms. The molecule has 8 nitrogen and oxygen atoms in total. The molecule has 180 valence electrons. The zero-order valence-corrected chi connectivity index (χ0v) is 16.8. The van der Waals surface area contributed by atoms with Crippen LogP contribution in [0.15, 0.2) is 0 Å². The number of amides is 2. The smallest absolute Gasteiger partial charge is 0.410 e. The van der Waals surface area contributed by atoms with Crippen molar-refractivity contribution in [2.24, 2.45) is 17.6 Å². The number of hydrogen-bond acceptors (Lipinski definition) is 5. The van der Waals surface area contributed by atoms with E-state index in [0.717, 1.165) is 32.4 Å². The molecule has 0 radical (unpaired) electrons. The van der Waals surface area contributed by atoms with Crippen LogP contribution in [-0.2, 0) is 14.3 Å². The molecule has 0 spiro atoms. The predicted octanol–water partition coefficient (Wildman–Crippen LogP) is 3.88. The van der Waals surface area contributed by atoms with Gasteiger partial charge in [0, 0.05) is 25.9 Å². The van der Waals surface area contributed by atoms with Gasteiger partial charge >= 0.3 is 12.1 Å². The maximum atomic E-state index is 11.8. The Morgan fingerprint density at radius 2 is 1.67 bits per heavy atom. The van der Waals surface area contributed by atoms with Gasteiger partial charge in [-0.2, -0.15) is 0 Å². The molecule has 2 aliphatic rings. The minimum atomic E-state index is -0.805. The lowest BCUT2D eigenvalue weighted by atomic mass is 9.95. The van der Waals surface area contributed by atoms with Gasteiger partial charge in [0.1, 0.15) is 5.60 Å². The van der Waals surface area contributed by atoms with Crippen molar-refractivity contribution in [2.75, 3.05) is 26.2 Å². The molecule has 2 unspecified atom stereocenters. The number of primary amides is 1. The topological polar surface area (TPSA) is 122 Å². The standard InChI is InChI=1S/C12H21NO4.C7H14N2O.3CH4/c1-12(2,3)17-11(16)13-6-4-5-9(8-13)7-10(14)15;8-7(10)4-6-2-1-3-9-5-6;;;/h9H,4-8H2,1-3H3,(H,14,15);6,9H,1-5H2,(H2,8,10);3*1H4. The van der Waals surface area contributed by atoms with E-state index in [-0.39, 0.29) is 46.6 Å². The van der Waals surface area contributed by atoms with Crippen LogP contribution in [-0.4, -0.2) is 59.8 Å². The Morgan fingerprint density at radius 3 is 2.13 bits per heavy atom. The van der Waals surface area contributed by atoms with Gasteiger partial charge in [0.25, 0.3) is 0 Å². The fourth-order valence-electron chi connectivity index (χ4n) is 3.35. The highest BCUT2D eigenvalue weighted by Gasteiger charge is 2.28. The molecule has 2 amide bonds. The molecule has 0 saturated carbocycles. The third kappa shape index (κ3) is 15.1. The van der Waals surface area contributed by atoms with Crippen molar-refractivity contribution in [3.63, 3.8) is 0 Å². The number of hydrogen-bond donors (Lipinski definition) is 3. The predicted molar refractivity (Wildman–Crippen MR) is 122 cm³/mol. The van der Waals surface area contributed by atoms with Crippen molar-refractivity contribution in [2.45, 2.75) is 87.2 Å². The third-order valence-electron chi connectivity index (χ3n) is 4.52. The van der Waals surface area contributed by atoms with Gasteiger partial charge in [-0.25, -0.2) is 4.79 Å². The Morgan fingerprint density at radius 1 is 1.07 bits per heavy atom. The minimum Gasteiger partial charge on any atom is -0.481 e. The molecular weight excluding hydrogens is 386 g/mol. The molecule has 0 bridgehead atoms. The summed E-state index contributed by atoms with van der Waals surface area (Å²) < 4.78 is 5.27. The number of aliphatic carboxylic acids is 1. The van der Waals surface area contributed by atoms with Gasteiger partial charge in [0.15, 0.2) is 0 Å². The van der Waals surface area contributed by atoms with Crippen LogP contribution >= 0.6 is 0 Å². The normalized spacial score (nSPS) is 20.7. The Labute approximate surface area is 183 Å². The Hall–Kier alpha value is -1.83. The number of piperidine rings is 2. The molecule has 0 aromatic heterocycles. The van der Waals surface area contributed by atoms with Crippen LogP contribution in [0, 0.1) is 11.8 Å². The molecule has 2 atom stereocenters. The van der Waals surface area contributed by atoms with E-state index >= 15 is 0 Å². The summed E-state index contributed by atoms with van der Waals surface area (Å²) in [5.74, 6) is -0.435. The summed E-state index contributed by atoms with van der Waals surface area (Å²) in [6.45, 7) is 8.67. The Bertz CT molecular complexity index is 499. The summed E-state index contributed by atoms with van der Waals surface area (Å²) in [6.07, 6.45) is 4.37.